The van der Waals surface area contributed by atoms with Crippen molar-refractivity contribution >= 4 is 18.9 Å². The first-order chi connectivity index (χ1) is 7.13. The van der Waals surface area contributed by atoms with Gasteiger partial charge in [0, 0.05) is 13.3 Å². The van der Waals surface area contributed by atoms with Gasteiger partial charge in [-0.15, -0.1) is 0 Å². The molecule has 0 spiro atoms. The van der Waals surface area contributed by atoms with E-state index in [1.165, 1.54) is 19.2 Å². The van der Waals surface area contributed by atoms with Gasteiger partial charge in [-0.3, -0.25) is 5.01 Å². The number of nitrogens with zero attached hydrogens (tertiary/aromatic N) is 4. The summed E-state index contributed by atoms with van der Waals surface area (Å²) in [6.07, 6.45) is 4.04. The molecule has 1 fully saturated rings. The average Bonchev–Trinajstić information content (AvgIpc) is 2.96. The lowest BCUT2D eigenvalue weighted by Gasteiger charge is -2.22. The number of nitrogens with two attached hydrogens (primary N) is 1. The Balaban J connectivity index is 2.40. The fourth-order valence-corrected chi connectivity index (χ4v) is 1.19. The highest BCUT2D eigenvalue weighted by molar-refractivity contribution is 5.85. The van der Waals surface area contributed by atoms with Gasteiger partial charge in [-0.1, -0.05) is 0 Å². The smallest absolute Gasteiger partial charge is 0.135 e. The Morgan fingerprint density at radius 2 is 2.33 bits per heavy atom. The molecule has 5 heteroatoms. The highest BCUT2D eigenvalue weighted by atomic mass is 15.5. The third-order valence-electron chi connectivity index (χ3n) is 2.30. The van der Waals surface area contributed by atoms with Gasteiger partial charge in [0.1, 0.15) is 12.5 Å². The molecule has 1 unspecified atom stereocenters. The van der Waals surface area contributed by atoms with E-state index in [9.17, 15) is 0 Å². The van der Waals surface area contributed by atoms with E-state index < -0.39 is 0 Å². The zero-order valence-corrected chi connectivity index (χ0v) is 9.43. The van der Waals surface area contributed by atoms with Gasteiger partial charge in [0.25, 0.3) is 0 Å². The minimum absolute atomic E-state index is 0.0220. The van der Waals surface area contributed by atoms with Gasteiger partial charge in [-0.2, -0.15) is 5.10 Å². The Morgan fingerprint density at radius 1 is 1.67 bits per heavy atom. The predicted molar refractivity (Wildman–Crippen MR) is 64.2 cm³/mol. The van der Waals surface area contributed by atoms with Crippen LogP contribution in [0.2, 0.25) is 0 Å². The Hall–Kier alpha value is -1.39. The Bertz CT molecular complexity index is 263. The number of hydrogen-bond acceptors (Lipinski definition) is 3. The van der Waals surface area contributed by atoms with Crippen LogP contribution in [-0.4, -0.2) is 36.6 Å². The van der Waals surface area contributed by atoms with Crippen LogP contribution in [0, 0.1) is 5.92 Å². The molecule has 84 valence electrons. The first-order valence-electron chi connectivity index (χ1n) is 5.18. The van der Waals surface area contributed by atoms with Crippen molar-refractivity contribution in [3.63, 3.8) is 0 Å². The molecular formula is C10H19N5. The Kier molecular flexibility index (Phi) is 4.27. The molecule has 0 saturated heterocycles. The summed E-state index contributed by atoms with van der Waals surface area (Å²) in [7, 11) is 0. The van der Waals surface area contributed by atoms with Crippen LogP contribution in [0.1, 0.15) is 26.7 Å². The Morgan fingerprint density at radius 3 is 2.80 bits per heavy atom. The van der Waals surface area contributed by atoms with Crippen molar-refractivity contribution in [3.05, 3.63) is 0 Å². The molecule has 0 bridgehead atoms. The van der Waals surface area contributed by atoms with E-state index in [0.29, 0.717) is 5.84 Å². The van der Waals surface area contributed by atoms with Crippen molar-refractivity contribution in [2.24, 2.45) is 26.7 Å². The number of rotatable bonds is 6. The van der Waals surface area contributed by atoms with E-state index in [2.05, 4.69) is 21.8 Å². The summed E-state index contributed by atoms with van der Waals surface area (Å²) < 4.78 is 0. The van der Waals surface area contributed by atoms with Crippen LogP contribution in [0.15, 0.2) is 15.1 Å². The van der Waals surface area contributed by atoms with Crippen LogP contribution >= 0.6 is 0 Å². The maximum absolute atomic E-state index is 5.39. The number of amidine groups is 1. The average molecular weight is 209 g/mol. The van der Waals surface area contributed by atoms with Crippen molar-refractivity contribution in [1.29, 1.82) is 0 Å². The molecule has 5 nitrogen and oxygen atoms in total. The lowest BCUT2D eigenvalue weighted by molar-refractivity contribution is 0.218. The van der Waals surface area contributed by atoms with Crippen molar-refractivity contribution in [1.82, 2.24) is 5.01 Å². The summed E-state index contributed by atoms with van der Waals surface area (Å²) in [6.45, 7) is 8.18. The van der Waals surface area contributed by atoms with Crippen molar-refractivity contribution < 1.29 is 0 Å². The van der Waals surface area contributed by atoms with Gasteiger partial charge in [-0.05, 0) is 32.6 Å². The van der Waals surface area contributed by atoms with Crippen LogP contribution < -0.4 is 5.73 Å². The van der Waals surface area contributed by atoms with E-state index in [1.54, 1.807) is 6.92 Å². The summed E-state index contributed by atoms with van der Waals surface area (Å²) in [5.74, 6) is 1.28. The lowest BCUT2D eigenvalue weighted by Crippen LogP contribution is -2.28. The first kappa shape index (κ1) is 11.7. The molecule has 0 aliphatic heterocycles. The second-order valence-electron chi connectivity index (χ2n) is 3.87. The molecule has 0 amide bonds. The monoisotopic (exact) mass is 209 g/mol. The second-order valence-corrected chi connectivity index (χ2v) is 3.87. The van der Waals surface area contributed by atoms with Crippen LogP contribution in [0.3, 0.4) is 0 Å². The van der Waals surface area contributed by atoms with Gasteiger partial charge in [0.15, 0.2) is 0 Å². The van der Waals surface area contributed by atoms with Gasteiger partial charge in [0.05, 0.1) is 5.84 Å². The van der Waals surface area contributed by atoms with Crippen molar-refractivity contribution in [3.8, 4) is 0 Å². The zero-order chi connectivity index (χ0) is 11.3. The third kappa shape index (κ3) is 4.58. The number of aliphatic imine (C=N–C) groups is 2. The minimum atomic E-state index is -0.0220. The Labute approximate surface area is 90.8 Å². The third-order valence-corrected chi connectivity index (χ3v) is 2.30. The summed E-state index contributed by atoms with van der Waals surface area (Å²) >= 11 is 0. The first-order valence-corrected chi connectivity index (χ1v) is 5.18. The maximum Gasteiger partial charge on any atom is 0.135 e. The minimum Gasteiger partial charge on any atom is -0.387 e. The molecule has 1 rings (SSSR count). The molecule has 1 saturated carbocycles. The van der Waals surface area contributed by atoms with E-state index >= 15 is 0 Å². The SMILES string of the molecule is C=NN(CC1CC1)C(C)/N=C\N=C(/C)N. The van der Waals surface area contributed by atoms with Gasteiger partial charge in [0.2, 0.25) is 0 Å². The number of hydrazone groups is 1. The molecule has 1 aliphatic carbocycles. The zero-order valence-electron chi connectivity index (χ0n) is 9.43. The molecular weight excluding hydrogens is 190 g/mol. The van der Waals surface area contributed by atoms with E-state index in [0.717, 1.165) is 12.5 Å². The highest BCUT2D eigenvalue weighted by Crippen LogP contribution is 2.30. The second kappa shape index (κ2) is 5.48. The van der Waals surface area contributed by atoms with Crippen LogP contribution in [-0.2, 0) is 0 Å². The van der Waals surface area contributed by atoms with Gasteiger partial charge < -0.3 is 5.73 Å². The molecule has 0 aromatic heterocycles. The summed E-state index contributed by atoms with van der Waals surface area (Å²) in [5.41, 5.74) is 5.39. The molecule has 2 N–H and O–H groups in total. The highest BCUT2D eigenvalue weighted by Gasteiger charge is 2.25. The molecule has 0 aromatic carbocycles. The maximum atomic E-state index is 5.39. The summed E-state index contributed by atoms with van der Waals surface area (Å²) in [5, 5.41) is 5.84. The van der Waals surface area contributed by atoms with Crippen LogP contribution in [0.25, 0.3) is 0 Å². The molecule has 0 aromatic rings. The molecule has 15 heavy (non-hydrogen) atoms. The quantitative estimate of drug-likeness (QED) is 0.404. The summed E-state index contributed by atoms with van der Waals surface area (Å²) in [4.78, 5) is 8.11. The normalized spacial score (nSPS) is 19.2. The largest absolute Gasteiger partial charge is 0.387 e. The summed E-state index contributed by atoms with van der Waals surface area (Å²) in [6, 6.07) is 0. The molecule has 1 aliphatic rings. The number of hydrogen-bond donors (Lipinski definition) is 1. The van der Waals surface area contributed by atoms with Crippen molar-refractivity contribution in [2.75, 3.05) is 6.54 Å². The fourth-order valence-electron chi connectivity index (χ4n) is 1.19. The lowest BCUT2D eigenvalue weighted by atomic mass is 10.4. The topological polar surface area (TPSA) is 66.3 Å². The van der Waals surface area contributed by atoms with Crippen LogP contribution in [0.4, 0.5) is 0 Å². The molecule has 0 radical (unpaired) electrons. The van der Waals surface area contributed by atoms with E-state index in [1.807, 2.05) is 11.9 Å². The predicted octanol–water partition coefficient (Wildman–Crippen LogP) is 1.07. The van der Waals surface area contributed by atoms with Gasteiger partial charge in [-0.25, -0.2) is 9.98 Å². The fraction of sp³-hybridized carbons (Fsp3) is 0.700. The van der Waals surface area contributed by atoms with Gasteiger partial charge >= 0.3 is 0 Å². The molecule has 0 heterocycles. The van der Waals surface area contributed by atoms with Crippen molar-refractivity contribution in [2.45, 2.75) is 32.9 Å². The standard InChI is InChI=1S/C10H19N5/c1-8(11)13-7-14-9(2)15(12-3)6-10-4-5-10/h7,9-10H,3-6H2,1-2H3,(H2,11,13,14). The van der Waals surface area contributed by atoms with E-state index in [-0.39, 0.29) is 6.17 Å². The molecule has 1 atom stereocenters. The van der Waals surface area contributed by atoms with E-state index in [4.69, 9.17) is 5.73 Å². The van der Waals surface area contributed by atoms with Crippen LogP contribution in [0.5, 0.6) is 0 Å².